The molecule has 0 radical (unpaired) electrons. The normalized spacial score (nSPS) is 29.5. The number of pyridine rings is 1. The number of ether oxygens (including phenoxy) is 1. The van der Waals surface area contributed by atoms with E-state index in [-0.39, 0.29) is 23.8 Å². The highest BCUT2D eigenvalue weighted by molar-refractivity contribution is 5.88. The summed E-state index contributed by atoms with van der Waals surface area (Å²) in [5.74, 6) is 2.65. The number of aromatic nitrogens is 1. The van der Waals surface area contributed by atoms with Crippen LogP contribution in [0.5, 0.6) is 5.88 Å². The molecule has 158 valence electrons. The van der Waals surface area contributed by atoms with Crippen molar-refractivity contribution in [2.45, 2.75) is 64.8 Å². The molecule has 1 aromatic rings. The molecule has 5 rings (SSSR count). The minimum absolute atomic E-state index is 0.0346. The van der Waals surface area contributed by atoms with E-state index < -0.39 is 0 Å². The van der Waals surface area contributed by atoms with E-state index >= 15 is 0 Å². The number of hydrogen-bond donors (Lipinski definition) is 2. The Morgan fingerprint density at radius 1 is 1.14 bits per heavy atom. The summed E-state index contributed by atoms with van der Waals surface area (Å²) >= 11 is 0. The Kier molecular flexibility index (Phi) is 6.07. The first kappa shape index (κ1) is 20.2. The maximum Gasteiger partial charge on any atom is 0.239 e. The smallest absolute Gasteiger partial charge is 0.239 e. The third kappa shape index (κ3) is 4.57. The Labute approximate surface area is 173 Å². The van der Waals surface area contributed by atoms with E-state index in [9.17, 15) is 9.59 Å². The fraction of sp³-hybridized carbons (Fsp3) is 0.696. The summed E-state index contributed by atoms with van der Waals surface area (Å²) in [6.07, 6.45) is 10.7. The highest BCUT2D eigenvalue weighted by Gasteiger charge is 2.54. The summed E-state index contributed by atoms with van der Waals surface area (Å²) in [4.78, 5) is 29.6. The molecule has 2 amide bonds. The summed E-state index contributed by atoms with van der Waals surface area (Å²) in [5.41, 5.74) is 0.642. The number of carbonyl (C=O) groups is 2. The first-order valence-corrected chi connectivity index (χ1v) is 11.2. The second kappa shape index (κ2) is 8.72. The quantitative estimate of drug-likeness (QED) is 0.625. The first-order chi connectivity index (χ1) is 14.1. The topological polar surface area (TPSA) is 80.3 Å². The second-order valence-electron chi connectivity index (χ2n) is 9.33. The zero-order valence-electron chi connectivity index (χ0n) is 17.4. The number of nitrogens with zero attached hydrogens (tertiary/aromatic N) is 1. The molecule has 0 aliphatic heterocycles. The Morgan fingerprint density at radius 2 is 1.83 bits per heavy atom. The molecule has 2 N–H and O–H groups in total. The number of carbonyl (C=O) groups excluding carboxylic acids is 2. The molecule has 4 aliphatic rings. The maximum atomic E-state index is 13.0. The monoisotopic (exact) mass is 399 g/mol. The van der Waals surface area contributed by atoms with Gasteiger partial charge in [-0.25, -0.2) is 4.98 Å². The van der Waals surface area contributed by atoms with E-state index in [2.05, 4.69) is 22.5 Å². The lowest BCUT2D eigenvalue weighted by molar-refractivity contribution is -0.147. The van der Waals surface area contributed by atoms with Crippen LogP contribution in [0, 0.1) is 23.2 Å². The van der Waals surface area contributed by atoms with E-state index in [0.29, 0.717) is 19.0 Å². The summed E-state index contributed by atoms with van der Waals surface area (Å²) in [6, 6.07) is 3.74. The largest absolute Gasteiger partial charge is 0.477 e. The molecule has 6 nitrogen and oxygen atoms in total. The minimum Gasteiger partial charge on any atom is -0.477 e. The predicted molar refractivity (Wildman–Crippen MR) is 110 cm³/mol. The van der Waals surface area contributed by atoms with Gasteiger partial charge < -0.3 is 15.4 Å². The predicted octanol–water partition coefficient (Wildman–Crippen LogP) is 3.21. The fourth-order valence-electron chi connectivity index (χ4n) is 5.99. The number of amides is 2. The van der Waals surface area contributed by atoms with Crippen LogP contribution in [0.4, 0.5) is 0 Å². The molecule has 0 atom stereocenters. The van der Waals surface area contributed by atoms with Crippen molar-refractivity contribution in [3.8, 4) is 5.88 Å². The Morgan fingerprint density at radius 3 is 2.48 bits per heavy atom. The van der Waals surface area contributed by atoms with Gasteiger partial charge in [-0.1, -0.05) is 19.4 Å². The summed E-state index contributed by atoms with van der Waals surface area (Å²) in [7, 11) is 0. The SMILES string of the molecule is CCCCOc1ncccc1CNC(=O)CNC(=O)C12CC3CC(CC(C3)C1)C2. The van der Waals surface area contributed by atoms with Crippen LogP contribution >= 0.6 is 0 Å². The van der Waals surface area contributed by atoms with Gasteiger partial charge >= 0.3 is 0 Å². The van der Waals surface area contributed by atoms with Gasteiger partial charge in [-0.15, -0.1) is 0 Å². The first-order valence-electron chi connectivity index (χ1n) is 11.2. The summed E-state index contributed by atoms with van der Waals surface area (Å²) < 4.78 is 5.71. The van der Waals surface area contributed by atoms with E-state index in [0.717, 1.165) is 55.4 Å². The Hall–Kier alpha value is -2.11. The number of hydrogen-bond acceptors (Lipinski definition) is 4. The Balaban J connectivity index is 1.25. The minimum atomic E-state index is -0.210. The standard InChI is InChI=1S/C23H33N3O3/c1-2-3-7-29-21-19(5-4-6-24-21)14-25-20(27)15-26-22(28)23-11-16-8-17(12-23)10-18(9-16)13-23/h4-6,16-18H,2-3,7-15H2,1H3,(H,25,27)(H,26,28). The van der Waals surface area contributed by atoms with Crippen LogP contribution in [0.1, 0.15) is 63.9 Å². The molecule has 4 fully saturated rings. The molecule has 4 bridgehead atoms. The van der Waals surface area contributed by atoms with Crippen LogP contribution in [0.2, 0.25) is 0 Å². The van der Waals surface area contributed by atoms with Crippen LogP contribution < -0.4 is 15.4 Å². The van der Waals surface area contributed by atoms with Crippen LogP contribution in [-0.2, 0) is 16.1 Å². The van der Waals surface area contributed by atoms with Crippen LogP contribution in [0.3, 0.4) is 0 Å². The van der Waals surface area contributed by atoms with Gasteiger partial charge in [0.2, 0.25) is 17.7 Å². The number of nitrogens with one attached hydrogen (secondary N) is 2. The average molecular weight is 400 g/mol. The molecular weight excluding hydrogens is 366 g/mol. The van der Waals surface area contributed by atoms with Crippen LogP contribution in [-0.4, -0.2) is 29.9 Å². The van der Waals surface area contributed by atoms with Gasteiger partial charge in [0.1, 0.15) is 0 Å². The van der Waals surface area contributed by atoms with Crippen molar-refractivity contribution in [1.29, 1.82) is 0 Å². The lowest BCUT2D eigenvalue weighted by Gasteiger charge is -2.55. The summed E-state index contributed by atoms with van der Waals surface area (Å²) in [6.45, 7) is 3.12. The zero-order chi connectivity index (χ0) is 20.3. The zero-order valence-corrected chi connectivity index (χ0v) is 17.4. The van der Waals surface area contributed by atoms with Gasteiger partial charge in [0, 0.05) is 23.7 Å². The highest BCUT2D eigenvalue weighted by atomic mass is 16.5. The van der Waals surface area contributed by atoms with Crippen molar-refractivity contribution < 1.29 is 14.3 Å². The van der Waals surface area contributed by atoms with Gasteiger partial charge in [-0.2, -0.15) is 0 Å². The van der Waals surface area contributed by atoms with Crippen LogP contribution in [0.15, 0.2) is 18.3 Å². The van der Waals surface area contributed by atoms with Gasteiger partial charge in [0.25, 0.3) is 0 Å². The van der Waals surface area contributed by atoms with E-state index in [1.165, 1.54) is 19.3 Å². The molecule has 0 saturated heterocycles. The number of rotatable bonds is 9. The van der Waals surface area contributed by atoms with Gasteiger partial charge in [0.15, 0.2) is 0 Å². The molecule has 4 saturated carbocycles. The number of unbranched alkanes of at least 4 members (excludes halogenated alkanes) is 1. The molecule has 0 unspecified atom stereocenters. The van der Waals surface area contributed by atoms with Crippen molar-refractivity contribution in [2.24, 2.45) is 23.2 Å². The van der Waals surface area contributed by atoms with E-state index in [1.807, 2.05) is 12.1 Å². The third-order valence-electron chi connectivity index (χ3n) is 6.99. The van der Waals surface area contributed by atoms with Crippen molar-refractivity contribution in [1.82, 2.24) is 15.6 Å². The molecule has 1 heterocycles. The maximum absolute atomic E-state index is 13.0. The molecule has 0 spiro atoms. The Bertz CT molecular complexity index is 713. The van der Waals surface area contributed by atoms with E-state index in [4.69, 9.17) is 4.74 Å². The molecule has 0 aromatic carbocycles. The third-order valence-corrected chi connectivity index (χ3v) is 6.99. The molecule has 4 aliphatic carbocycles. The fourth-order valence-corrected chi connectivity index (χ4v) is 5.99. The van der Waals surface area contributed by atoms with Gasteiger partial charge in [0.05, 0.1) is 13.2 Å². The van der Waals surface area contributed by atoms with Gasteiger partial charge in [-0.3, -0.25) is 9.59 Å². The van der Waals surface area contributed by atoms with Crippen molar-refractivity contribution >= 4 is 11.8 Å². The van der Waals surface area contributed by atoms with Crippen molar-refractivity contribution in [3.05, 3.63) is 23.9 Å². The lowest BCUT2D eigenvalue weighted by Crippen LogP contribution is -2.54. The summed E-state index contributed by atoms with van der Waals surface area (Å²) in [5, 5.41) is 5.82. The second-order valence-corrected chi connectivity index (χ2v) is 9.33. The highest BCUT2D eigenvalue weighted by Crippen LogP contribution is 2.60. The molecular formula is C23H33N3O3. The average Bonchev–Trinajstić information content (AvgIpc) is 2.70. The molecule has 6 heteroatoms. The van der Waals surface area contributed by atoms with Gasteiger partial charge in [-0.05, 0) is 68.8 Å². The molecule has 29 heavy (non-hydrogen) atoms. The van der Waals surface area contributed by atoms with Crippen LogP contribution in [0.25, 0.3) is 0 Å². The van der Waals surface area contributed by atoms with Crippen molar-refractivity contribution in [2.75, 3.05) is 13.2 Å². The van der Waals surface area contributed by atoms with Crippen molar-refractivity contribution in [3.63, 3.8) is 0 Å². The van der Waals surface area contributed by atoms with E-state index in [1.54, 1.807) is 6.20 Å². The lowest BCUT2D eigenvalue weighted by atomic mass is 9.49. The molecule has 1 aromatic heterocycles.